The quantitative estimate of drug-likeness (QED) is 0.894. The molecule has 1 fully saturated rings. The first kappa shape index (κ1) is 18.1. The molecule has 1 aromatic carbocycles. The van der Waals surface area contributed by atoms with Crippen LogP contribution in [-0.2, 0) is 4.79 Å². The summed E-state index contributed by atoms with van der Waals surface area (Å²) in [6.45, 7) is 5.55. The van der Waals surface area contributed by atoms with E-state index >= 15 is 0 Å². The van der Waals surface area contributed by atoms with Crippen LogP contribution in [0.3, 0.4) is 0 Å². The SMILES string of the molecule is CC(=O)N1CCN(C(=O)c2cc(Nc3ccc(C)c(Cl)c3)ncn2)CC1. The van der Waals surface area contributed by atoms with Gasteiger partial charge in [-0.2, -0.15) is 0 Å². The summed E-state index contributed by atoms with van der Waals surface area (Å²) in [5, 5.41) is 3.79. The van der Waals surface area contributed by atoms with Crippen LogP contribution in [0.4, 0.5) is 11.5 Å². The molecule has 1 aromatic heterocycles. The van der Waals surface area contributed by atoms with E-state index in [0.717, 1.165) is 11.3 Å². The molecule has 8 heteroatoms. The van der Waals surface area contributed by atoms with Gasteiger partial charge in [0.25, 0.3) is 5.91 Å². The smallest absolute Gasteiger partial charge is 0.272 e. The summed E-state index contributed by atoms with van der Waals surface area (Å²) in [6, 6.07) is 7.23. The maximum atomic E-state index is 12.7. The number of nitrogens with one attached hydrogen (secondary N) is 1. The van der Waals surface area contributed by atoms with Gasteiger partial charge < -0.3 is 15.1 Å². The number of hydrogen-bond acceptors (Lipinski definition) is 5. The van der Waals surface area contributed by atoms with Crippen molar-refractivity contribution < 1.29 is 9.59 Å². The Morgan fingerprint density at radius 1 is 1.08 bits per heavy atom. The summed E-state index contributed by atoms with van der Waals surface area (Å²) in [7, 11) is 0. The number of rotatable bonds is 3. The van der Waals surface area contributed by atoms with E-state index in [-0.39, 0.29) is 11.8 Å². The molecule has 0 spiro atoms. The van der Waals surface area contributed by atoms with E-state index in [1.54, 1.807) is 15.9 Å². The highest BCUT2D eigenvalue weighted by Gasteiger charge is 2.24. The Labute approximate surface area is 157 Å². The molecule has 2 amide bonds. The third-order valence-corrected chi connectivity index (χ3v) is 4.75. The molecular formula is C18H20ClN5O2. The Hall–Kier alpha value is -2.67. The number of halogens is 1. The lowest BCUT2D eigenvalue weighted by Crippen LogP contribution is -2.50. The predicted molar refractivity (Wildman–Crippen MR) is 99.7 cm³/mol. The molecule has 0 aliphatic carbocycles. The molecule has 0 radical (unpaired) electrons. The summed E-state index contributed by atoms with van der Waals surface area (Å²) < 4.78 is 0. The van der Waals surface area contributed by atoms with E-state index in [2.05, 4.69) is 15.3 Å². The van der Waals surface area contributed by atoms with Gasteiger partial charge in [0.15, 0.2) is 0 Å². The van der Waals surface area contributed by atoms with E-state index in [9.17, 15) is 9.59 Å². The average molecular weight is 374 g/mol. The molecule has 0 atom stereocenters. The lowest BCUT2D eigenvalue weighted by molar-refractivity contribution is -0.130. The van der Waals surface area contributed by atoms with Crippen LogP contribution >= 0.6 is 11.6 Å². The highest BCUT2D eigenvalue weighted by atomic mass is 35.5. The van der Waals surface area contributed by atoms with E-state index in [1.807, 2.05) is 25.1 Å². The van der Waals surface area contributed by atoms with Crippen molar-refractivity contribution >= 4 is 34.9 Å². The first-order valence-electron chi connectivity index (χ1n) is 8.34. The van der Waals surface area contributed by atoms with Crippen LogP contribution in [0.1, 0.15) is 23.0 Å². The van der Waals surface area contributed by atoms with Gasteiger partial charge >= 0.3 is 0 Å². The van der Waals surface area contributed by atoms with Crippen molar-refractivity contribution in [2.75, 3.05) is 31.5 Å². The van der Waals surface area contributed by atoms with E-state index < -0.39 is 0 Å². The van der Waals surface area contributed by atoms with Crippen LogP contribution in [-0.4, -0.2) is 57.8 Å². The molecule has 26 heavy (non-hydrogen) atoms. The molecule has 1 aliphatic rings. The highest BCUT2D eigenvalue weighted by molar-refractivity contribution is 6.31. The average Bonchev–Trinajstić information content (AvgIpc) is 2.64. The number of anilines is 2. The van der Waals surface area contributed by atoms with Gasteiger partial charge in [0.05, 0.1) is 0 Å². The standard InChI is InChI=1S/C18H20ClN5O2/c1-12-3-4-14(9-15(12)19)22-17-10-16(20-11-21-17)18(26)24-7-5-23(6-8-24)13(2)25/h3-4,9-11H,5-8H2,1-2H3,(H,20,21,22). The van der Waals surface area contributed by atoms with Crippen molar-refractivity contribution in [2.24, 2.45) is 0 Å². The zero-order valence-corrected chi connectivity index (χ0v) is 15.5. The molecule has 136 valence electrons. The van der Waals surface area contributed by atoms with E-state index in [0.29, 0.717) is 42.7 Å². The Bertz CT molecular complexity index is 834. The summed E-state index contributed by atoms with van der Waals surface area (Å²) >= 11 is 6.14. The molecule has 1 aliphatic heterocycles. The maximum Gasteiger partial charge on any atom is 0.272 e. The molecule has 0 unspecified atom stereocenters. The summed E-state index contributed by atoms with van der Waals surface area (Å²) in [5.74, 6) is 0.383. The molecule has 0 saturated carbocycles. The Kier molecular flexibility index (Phi) is 5.37. The number of benzene rings is 1. The summed E-state index contributed by atoms with van der Waals surface area (Å²) in [5.41, 5.74) is 2.09. The zero-order valence-electron chi connectivity index (χ0n) is 14.7. The van der Waals surface area contributed by atoms with Gasteiger partial charge in [-0.15, -0.1) is 0 Å². The van der Waals surface area contributed by atoms with Crippen LogP contribution in [0, 0.1) is 6.92 Å². The number of hydrogen-bond donors (Lipinski definition) is 1. The lowest BCUT2D eigenvalue weighted by atomic mass is 10.2. The van der Waals surface area contributed by atoms with Crippen LogP contribution in [0.2, 0.25) is 5.02 Å². The predicted octanol–water partition coefficient (Wildman–Crippen LogP) is 2.49. The van der Waals surface area contributed by atoms with Crippen LogP contribution < -0.4 is 5.32 Å². The van der Waals surface area contributed by atoms with Crippen molar-refractivity contribution in [1.82, 2.24) is 19.8 Å². The minimum Gasteiger partial charge on any atom is -0.340 e. The van der Waals surface area contributed by atoms with Crippen LogP contribution in [0.15, 0.2) is 30.6 Å². The molecule has 2 aromatic rings. The monoisotopic (exact) mass is 373 g/mol. The van der Waals surface area contributed by atoms with Gasteiger partial charge in [-0.3, -0.25) is 9.59 Å². The zero-order chi connectivity index (χ0) is 18.7. The largest absolute Gasteiger partial charge is 0.340 e. The first-order chi connectivity index (χ1) is 12.4. The van der Waals surface area contributed by atoms with Gasteiger partial charge in [-0.05, 0) is 24.6 Å². The van der Waals surface area contributed by atoms with Crippen LogP contribution in [0.25, 0.3) is 0 Å². The molecule has 0 bridgehead atoms. The molecule has 1 N–H and O–H groups in total. The third-order valence-electron chi connectivity index (χ3n) is 4.34. The Morgan fingerprint density at radius 2 is 1.77 bits per heavy atom. The van der Waals surface area contributed by atoms with Crippen LogP contribution in [0.5, 0.6) is 0 Å². The third kappa shape index (κ3) is 4.11. The number of carbonyl (C=O) groups excluding carboxylic acids is 2. The fourth-order valence-electron chi connectivity index (χ4n) is 2.75. The number of nitrogens with zero attached hydrogens (tertiary/aromatic N) is 4. The van der Waals surface area contributed by atoms with Crippen molar-refractivity contribution in [3.8, 4) is 0 Å². The second-order valence-corrected chi connectivity index (χ2v) is 6.58. The summed E-state index contributed by atoms with van der Waals surface area (Å²) in [6.07, 6.45) is 1.36. The van der Waals surface area contributed by atoms with Crippen molar-refractivity contribution in [1.29, 1.82) is 0 Å². The molecule has 1 saturated heterocycles. The molecule has 2 heterocycles. The van der Waals surface area contributed by atoms with Gasteiger partial charge in [0.1, 0.15) is 17.8 Å². The minimum absolute atomic E-state index is 0.0300. The maximum absolute atomic E-state index is 12.7. The number of amides is 2. The summed E-state index contributed by atoms with van der Waals surface area (Å²) in [4.78, 5) is 35.7. The fourth-order valence-corrected chi connectivity index (χ4v) is 2.93. The van der Waals surface area contributed by atoms with Gasteiger partial charge in [0, 0.05) is 49.9 Å². The Balaban J connectivity index is 1.69. The molecule has 7 nitrogen and oxygen atoms in total. The topological polar surface area (TPSA) is 78.4 Å². The molecular weight excluding hydrogens is 354 g/mol. The normalized spacial score (nSPS) is 14.3. The lowest BCUT2D eigenvalue weighted by Gasteiger charge is -2.34. The van der Waals surface area contributed by atoms with Crippen molar-refractivity contribution in [3.05, 3.63) is 46.9 Å². The molecule has 3 rings (SSSR count). The number of aromatic nitrogens is 2. The van der Waals surface area contributed by atoms with E-state index in [4.69, 9.17) is 11.6 Å². The van der Waals surface area contributed by atoms with Gasteiger partial charge in [0.2, 0.25) is 5.91 Å². The Morgan fingerprint density at radius 3 is 2.42 bits per heavy atom. The number of piperazine rings is 1. The van der Waals surface area contributed by atoms with Gasteiger partial charge in [-0.1, -0.05) is 17.7 Å². The number of aryl methyl sites for hydroxylation is 1. The minimum atomic E-state index is -0.166. The fraction of sp³-hybridized carbons (Fsp3) is 0.333. The van der Waals surface area contributed by atoms with E-state index in [1.165, 1.54) is 13.3 Å². The van der Waals surface area contributed by atoms with Crippen molar-refractivity contribution in [2.45, 2.75) is 13.8 Å². The second-order valence-electron chi connectivity index (χ2n) is 6.18. The van der Waals surface area contributed by atoms with Crippen molar-refractivity contribution in [3.63, 3.8) is 0 Å². The first-order valence-corrected chi connectivity index (χ1v) is 8.72. The number of carbonyl (C=O) groups is 2. The second kappa shape index (κ2) is 7.70. The highest BCUT2D eigenvalue weighted by Crippen LogP contribution is 2.22. The van der Waals surface area contributed by atoms with Gasteiger partial charge in [-0.25, -0.2) is 9.97 Å².